The lowest BCUT2D eigenvalue weighted by molar-refractivity contribution is -0.127. The molecule has 0 saturated heterocycles. The number of primary amides is 1. The van der Waals surface area contributed by atoms with Crippen LogP contribution in [0.5, 0.6) is 0 Å². The summed E-state index contributed by atoms with van der Waals surface area (Å²) in [6.45, 7) is 0.150. The van der Waals surface area contributed by atoms with Crippen LogP contribution in [0.25, 0.3) is 0 Å². The number of carbonyl (C=O) groups is 1. The lowest BCUT2D eigenvalue weighted by atomic mass is 9.91. The molecule has 1 atom stereocenters. The molecule has 1 aromatic carbocycles. The molecule has 110 valence electrons. The quantitative estimate of drug-likeness (QED) is 0.808. The molecule has 1 amide bonds. The fraction of sp³-hybridized carbons (Fsp3) is 0.562. The summed E-state index contributed by atoms with van der Waals surface area (Å²) >= 11 is 0. The molecule has 4 heteroatoms. The van der Waals surface area contributed by atoms with Crippen LogP contribution in [0.3, 0.4) is 0 Å². The van der Waals surface area contributed by atoms with Gasteiger partial charge in [0.1, 0.15) is 5.54 Å². The Morgan fingerprint density at radius 3 is 2.30 bits per heavy atom. The average Bonchev–Trinajstić information content (AvgIpc) is 2.74. The Morgan fingerprint density at radius 2 is 1.75 bits per heavy atom. The number of nitrogens with two attached hydrogens (primary N) is 2. The summed E-state index contributed by atoms with van der Waals surface area (Å²) in [5.41, 5.74) is 11.2. The fourth-order valence-corrected chi connectivity index (χ4v) is 2.69. The number of ether oxygens (including phenoxy) is 1. The molecular formula is C16H24N2O2. The van der Waals surface area contributed by atoms with Crippen molar-refractivity contribution in [3.05, 3.63) is 35.9 Å². The molecule has 1 fully saturated rings. The van der Waals surface area contributed by atoms with Crippen molar-refractivity contribution in [3.8, 4) is 0 Å². The zero-order chi connectivity index (χ0) is 14.4. The van der Waals surface area contributed by atoms with Gasteiger partial charge >= 0.3 is 0 Å². The lowest BCUT2D eigenvalue weighted by Gasteiger charge is -2.28. The second-order valence-corrected chi connectivity index (χ2v) is 5.63. The van der Waals surface area contributed by atoms with Gasteiger partial charge in [-0.15, -0.1) is 0 Å². The van der Waals surface area contributed by atoms with Crippen LogP contribution in [0, 0.1) is 0 Å². The Kier molecular flexibility index (Phi) is 5.15. The Labute approximate surface area is 120 Å². The summed E-state index contributed by atoms with van der Waals surface area (Å²) in [6, 6.07) is 9.23. The van der Waals surface area contributed by atoms with Crippen molar-refractivity contribution >= 4 is 5.91 Å². The third kappa shape index (κ3) is 3.58. The Morgan fingerprint density at radius 1 is 1.15 bits per heavy atom. The molecule has 0 heterocycles. The highest BCUT2D eigenvalue weighted by Gasteiger charge is 2.35. The molecule has 0 aromatic heterocycles. The molecule has 1 unspecified atom stereocenters. The molecule has 1 aromatic rings. The molecule has 0 spiro atoms. The van der Waals surface area contributed by atoms with Crippen LogP contribution in [0.1, 0.15) is 44.1 Å². The zero-order valence-electron chi connectivity index (χ0n) is 11.9. The van der Waals surface area contributed by atoms with E-state index in [0.29, 0.717) is 5.56 Å². The van der Waals surface area contributed by atoms with E-state index in [-0.39, 0.29) is 12.7 Å². The number of hydrogen-bond acceptors (Lipinski definition) is 3. The minimum absolute atomic E-state index is 0.150. The molecule has 2 rings (SSSR count). The van der Waals surface area contributed by atoms with Gasteiger partial charge in [0.2, 0.25) is 5.91 Å². The van der Waals surface area contributed by atoms with E-state index in [9.17, 15) is 4.79 Å². The monoisotopic (exact) mass is 276 g/mol. The first-order valence-corrected chi connectivity index (χ1v) is 7.39. The summed E-state index contributed by atoms with van der Waals surface area (Å²) in [7, 11) is 0. The van der Waals surface area contributed by atoms with E-state index in [1.54, 1.807) is 0 Å². The van der Waals surface area contributed by atoms with E-state index in [4.69, 9.17) is 16.2 Å². The van der Waals surface area contributed by atoms with Gasteiger partial charge in [-0.3, -0.25) is 4.79 Å². The van der Waals surface area contributed by atoms with Crippen molar-refractivity contribution in [1.82, 2.24) is 0 Å². The first-order chi connectivity index (χ1) is 9.63. The van der Waals surface area contributed by atoms with Gasteiger partial charge in [-0.2, -0.15) is 0 Å². The largest absolute Gasteiger partial charge is 0.375 e. The van der Waals surface area contributed by atoms with Gasteiger partial charge in [-0.25, -0.2) is 0 Å². The molecule has 0 bridgehead atoms. The first kappa shape index (κ1) is 15.0. The SMILES string of the molecule is NC(=O)C(N)(COC1CCCCCC1)c1ccccc1. The number of benzene rings is 1. The predicted octanol–water partition coefficient (Wildman–Crippen LogP) is 2.07. The maximum atomic E-state index is 11.8. The first-order valence-electron chi connectivity index (χ1n) is 7.39. The van der Waals surface area contributed by atoms with Gasteiger partial charge in [-0.05, 0) is 18.4 Å². The summed E-state index contributed by atoms with van der Waals surface area (Å²) in [6.07, 6.45) is 7.19. The van der Waals surface area contributed by atoms with Crippen LogP contribution >= 0.6 is 0 Å². The third-order valence-corrected chi connectivity index (χ3v) is 4.08. The molecule has 0 aliphatic heterocycles. The lowest BCUT2D eigenvalue weighted by Crippen LogP contribution is -2.53. The van der Waals surface area contributed by atoms with Crippen molar-refractivity contribution in [2.45, 2.75) is 50.2 Å². The van der Waals surface area contributed by atoms with E-state index < -0.39 is 11.4 Å². The number of amides is 1. The minimum atomic E-state index is -1.24. The molecule has 4 N–H and O–H groups in total. The smallest absolute Gasteiger partial charge is 0.244 e. The maximum absolute atomic E-state index is 11.8. The van der Waals surface area contributed by atoms with Gasteiger partial charge in [0.05, 0.1) is 12.7 Å². The molecular weight excluding hydrogens is 252 g/mol. The molecule has 1 saturated carbocycles. The zero-order valence-corrected chi connectivity index (χ0v) is 11.9. The van der Waals surface area contributed by atoms with Gasteiger partial charge in [0.15, 0.2) is 0 Å². The summed E-state index contributed by atoms with van der Waals surface area (Å²) in [5, 5.41) is 0. The Hall–Kier alpha value is -1.39. The van der Waals surface area contributed by atoms with Crippen LogP contribution in [0.4, 0.5) is 0 Å². The molecule has 20 heavy (non-hydrogen) atoms. The van der Waals surface area contributed by atoms with Crippen molar-refractivity contribution in [1.29, 1.82) is 0 Å². The predicted molar refractivity (Wildman–Crippen MR) is 78.9 cm³/mol. The topological polar surface area (TPSA) is 78.3 Å². The van der Waals surface area contributed by atoms with Gasteiger partial charge in [0, 0.05) is 0 Å². The summed E-state index contributed by atoms with van der Waals surface area (Å²) in [4.78, 5) is 11.8. The maximum Gasteiger partial charge on any atom is 0.244 e. The van der Waals surface area contributed by atoms with Crippen molar-refractivity contribution in [2.24, 2.45) is 11.5 Å². The molecule has 0 radical (unpaired) electrons. The van der Waals surface area contributed by atoms with Gasteiger partial charge in [-0.1, -0.05) is 56.0 Å². The van der Waals surface area contributed by atoms with E-state index in [1.165, 1.54) is 25.7 Å². The number of hydrogen-bond donors (Lipinski definition) is 2. The highest BCUT2D eigenvalue weighted by atomic mass is 16.5. The van der Waals surface area contributed by atoms with Crippen molar-refractivity contribution < 1.29 is 9.53 Å². The van der Waals surface area contributed by atoms with Crippen molar-refractivity contribution in [3.63, 3.8) is 0 Å². The standard InChI is InChI=1S/C16H24N2O2/c17-15(19)16(18,13-8-4-3-5-9-13)12-20-14-10-6-1-2-7-11-14/h3-5,8-9,14H,1-2,6-7,10-12,18H2,(H2,17,19). The van der Waals surface area contributed by atoms with E-state index >= 15 is 0 Å². The van der Waals surface area contributed by atoms with Crippen LogP contribution in [0.15, 0.2) is 30.3 Å². The van der Waals surface area contributed by atoms with Crippen LogP contribution < -0.4 is 11.5 Å². The summed E-state index contributed by atoms with van der Waals surface area (Å²) < 4.78 is 5.92. The average molecular weight is 276 g/mol. The highest BCUT2D eigenvalue weighted by molar-refractivity contribution is 5.86. The van der Waals surface area contributed by atoms with E-state index in [1.807, 2.05) is 30.3 Å². The Balaban J connectivity index is 2.04. The van der Waals surface area contributed by atoms with E-state index in [0.717, 1.165) is 12.8 Å². The second-order valence-electron chi connectivity index (χ2n) is 5.63. The molecule has 1 aliphatic rings. The summed E-state index contributed by atoms with van der Waals surface area (Å²) in [5.74, 6) is -0.544. The van der Waals surface area contributed by atoms with Crippen LogP contribution in [-0.4, -0.2) is 18.6 Å². The van der Waals surface area contributed by atoms with Gasteiger partial charge < -0.3 is 16.2 Å². The van der Waals surface area contributed by atoms with E-state index in [2.05, 4.69) is 0 Å². The van der Waals surface area contributed by atoms with Crippen LogP contribution in [0.2, 0.25) is 0 Å². The van der Waals surface area contributed by atoms with Crippen molar-refractivity contribution in [2.75, 3.05) is 6.61 Å². The third-order valence-electron chi connectivity index (χ3n) is 4.08. The fourth-order valence-electron chi connectivity index (χ4n) is 2.69. The normalized spacial score (nSPS) is 20.1. The Bertz CT molecular complexity index is 427. The minimum Gasteiger partial charge on any atom is -0.375 e. The number of carbonyl (C=O) groups excluding carboxylic acids is 1. The molecule has 1 aliphatic carbocycles. The van der Waals surface area contributed by atoms with Crippen LogP contribution in [-0.2, 0) is 15.1 Å². The number of rotatable bonds is 5. The highest BCUT2D eigenvalue weighted by Crippen LogP contribution is 2.23. The second kappa shape index (κ2) is 6.86. The molecule has 4 nitrogen and oxygen atoms in total. The van der Waals surface area contributed by atoms with Gasteiger partial charge in [0.25, 0.3) is 0 Å².